The molecule has 0 aromatic heterocycles. The number of nitrogens with two attached hydrogens (primary N) is 1. The number of rotatable bonds is 6. The van der Waals surface area contributed by atoms with E-state index in [1.807, 2.05) is 12.1 Å². The van der Waals surface area contributed by atoms with Crippen LogP contribution in [0.5, 0.6) is 0 Å². The first-order valence-corrected chi connectivity index (χ1v) is 10.5. The molecule has 4 N–H and O–H groups in total. The highest BCUT2D eigenvalue weighted by Gasteiger charge is 2.22. The molecule has 0 atom stereocenters. The summed E-state index contributed by atoms with van der Waals surface area (Å²) in [6.45, 7) is 14.0. The van der Waals surface area contributed by atoms with Gasteiger partial charge in [0, 0.05) is 23.4 Å². The molecule has 2 aromatic carbocycles. The minimum absolute atomic E-state index is 0.0603. The van der Waals surface area contributed by atoms with Crippen molar-refractivity contribution in [3.05, 3.63) is 64.7 Å². The molecule has 5 nitrogen and oxygen atoms in total. The van der Waals surface area contributed by atoms with Crippen LogP contribution in [0.2, 0.25) is 0 Å². The average molecular weight is 410 g/mol. The Bertz CT molecular complexity index is 856. The van der Waals surface area contributed by atoms with Gasteiger partial charge < -0.3 is 16.4 Å². The predicted octanol–water partition coefficient (Wildman–Crippen LogP) is 4.61. The van der Waals surface area contributed by atoms with Gasteiger partial charge in [-0.3, -0.25) is 9.59 Å². The zero-order valence-electron chi connectivity index (χ0n) is 19.1. The summed E-state index contributed by atoms with van der Waals surface area (Å²) in [7, 11) is 0. The van der Waals surface area contributed by atoms with Crippen LogP contribution in [-0.4, -0.2) is 24.9 Å². The molecule has 5 heteroatoms. The lowest BCUT2D eigenvalue weighted by Crippen LogP contribution is -2.25. The van der Waals surface area contributed by atoms with E-state index in [0.29, 0.717) is 29.9 Å². The standard InChI is InChI=1S/C25H35N3O2/c1-24(2,3)19-14-18(15-20(16-19)25(4,5)6)23(30)28-21-10-8-17(9-11-21)22(29)27-13-7-12-26/h8-11,14-16H,7,12-13,26H2,1-6H3,(H,27,29)(H,28,30). The first-order chi connectivity index (χ1) is 13.9. The van der Waals surface area contributed by atoms with Crippen LogP contribution < -0.4 is 16.4 Å². The van der Waals surface area contributed by atoms with E-state index in [1.165, 1.54) is 0 Å². The largest absolute Gasteiger partial charge is 0.352 e. The molecule has 0 unspecified atom stereocenters. The highest BCUT2D eigenvalue weighted by atomic mass is 16.2. The summed E-state index contributed by atoms with van der Waals surface area (Å²) in [6, 6.07) is 13.0. The van der Waals surface area contributed by atoms with E-state index in [9.17, 15) is 9.59 Å². The van der Waals surface area contributed by atoms with E-state index >= 15 is 0 Å². The molecule has 0 aliphatic heterocycles. The Morgan fingerprint density at radius 2 is 1.33 bits per heavy atom. The maximum atomic E-state index is 13.0. The molecule has 2 aromatic rings. The molecule has 0 fully saturated rings. The number of hydrogen-bond donors (Lipinski definition) is 3. The Morgan fingerprint density at radius 3 is 1.80 bits per heavy atom. The summed E-state index contributed by atoms with van der Waals surface area (Å²) in [5.41, 5.74) is 9.42. The summed E-state index contributed by atoms with van der Waals surface area (Å²) in [4.78, 5) is 25.1. The van der Waals surface area contributed by atoms with E-state index in [-0.39, 0.29) is 22.6 Å². The maximum Gasteiger partial charge on any atom is 0.255 e. The van der Waals surface area contributed by atoms with Crippen molar-refractivity contribution in [2.75, 3.05) is 18.4 Å². The van der Waals surface area contributed by atoms with E-state index in [2.05, 4.69) is 58.2 Å². The zero-order chi connectivity index (χ0) is 22.5. The van der Waals surface area contributed by atoms with Gasteiger partial charge in [-0.2, -0.15) is 0 Å². The molecular formula is C25H35N3O2. The van der Waals surface area contributed by atoms with Gasteiger partial charge in [0.1, 0.15) is 0 Å². The van der Waals surface area contributed by atoms with Gasteiger partial charge >= 0.3 is 0 Å². The smallest absolute Gasteiger partial charge is 0.255 e. The van der Waals surface area contributed by atoms with Gasteiger partial charge in [0.2, 0.25) is 0 Å². The number of carbonyl (C=O) groups excluding carboxylic acids is 2. The second kappa shape index (κ2) is 9.43. The Kier molecular flexibility index (Phi) is 7.43. The van der Waals surface area contributed by atoms with Crippen LogP contribution in [0, 0.1) is 0 Å². The average Bonchev–Trinajstić information content (AvgIpc) is 2.67. The summed E-state index contributed by atoms with van der Waals surface area (Å²) < 4.78 is 0. The van der Waals surface area contributed by atoms with Crippen LogP contribution in [0.15, 0.2) is 42.5 Å². The Balaban J connectivity index is 2.20. The highest BCUT2D eigenvalue weighted by Crippen LogP contribution is 2.30. The Labute approximate surface area is 180 Å². The van der Waals surface area contributed by atoms with Gasteiger partial charge in [-0.25, -0.2) is 0 Å². The fourth-order valence-corrected chi connectivity index (χ4v) is 2.94. The minimum Gasteiger partial charge on any atom is -0.352 e. The lowest BCUT2D eigenvalue weighted by molar-refractivity contribution is 0.0953. The highest BCUT2D eigenvalue weighted by molar-refractivity contribution is 6.05. The van der Waals surface area contributed by atoms with Crippen LogP contribution in [0.25, 0.3) is 0 Å². The van der Waals surface area contributed by atoms with Gasteiger partial charge in [0.05, 0.1) is 0 Å². The molecular weight excluding hydrogens is 374 g/mol. The first kappa shape index (κ1) is 23.6. The number of amides is 2. The van der Waals surface area contributed by atoms with Crippen molar-refractivity contribution in [2.45, 2.75) is 58.8 Å². The van der Waals surface area contributed by atoms with E-state index in [4.69, 9.17) is 5.73 Å². The molecule has 0 saturated heterocycles. The van der Waals surface area contributed by atoms with Gasteiger partial charge in [-0.05, 0) is 71.3 Å². The van der Waals surface area contributed by atoms with E-state index < -0.39 is 0 Å². The fourth-order valence-electron chi connectivity index (χ4n) is 2.94. The van der Waals surface area contributed by atoms with Crippen molar-refractivity contribution < 1.29 is 9.59 Å². The topological polar surface area (TPSA) is 84.2 Å². The normalized spacial score (nSPS) is 11.8. The second-order valence-electron chi connectivity index (χ2n) is 9.73. The van der Waals surface area contributed by atoms with E-state index in [1.54, 1.807) is 24.3 Å². The van der Waals surface area contributed by atoms with Gasteiger partial charge in [0.15, 0.2) is 0 Å². The van der Waals surface area contributed by atoms with Crippen molar-refractivity contribution in [1.29, 1.82) is 0 Å². The molecule has 0 aliphatic rings. The number of hydrogen-bond acceptors (Lipinski definition) is 3. The van der Waals surface area contributed by atoms with Crippen LogP contribution in [0.4, 0.5) is 5.69 Å². The number of carbonyl (C=O) groups is 2. The van der Waals surface area contributed by atoms with Crippen LogP contribution >= 0.6 is 0 Å². The SMILES string of the molecule is CC(C)(C)c1cc(C(=O)Nc2ccc(C(=O)NCCCN)cc2)cc(C(C)(C)C)c1. The quantitative estimate of drug-likeness (QED) is 0.609. The van der Waals surface area contributed by atoms with Crippen molar-refractivity contribution in [3.63, 3.8) is 0 Å². The molecule has 0 bridgehead atoms. The number of anilines is 1. The molecule has 0 heterocycles. The molecule has 0 saturated carbocycles. The molecule has 30 heavy (non-hydrogen) atoms. The summed E-state index contributed by atoms with van der Waals surface area (Å²) >= 11 is 0. The maximum absolute atomic E-state index is 13.0. The second-order valence-corrected chi connectivity index (χ2v) is 9.73. The zero-order valence-corrected chi connectivity index (χ0v) is 19.1. The van der Waals surface area contributed by atoms with Gasteiger partial charge in [-0.15, -0.1) is 0 Å². The van der Waals surface area contributed by atoms with Crippen LogP contribution in [0.3, 0.4) is 0 Å². The first-order valence-electron chi connectivity index (χ1n) is 10.5. The molecule has 0 spiro atoms. The third kappa shape index (κ3) is 6.42. The van der Waals surface area contributed by atoms with E-state index in [0.717, 1.165) is 17.5 Å². The fraction of sp³-hybridized carbons (Fsp3) is 0.440. The summed E-state index contributed by atoms with van der Waals surface area (Å²) in [5, 5.41) is 5.77. The lowest BCUT2D eigenvalue weighted by Gasteiger charge is -2.26. The third-order valence-corrected chi connectivity index (χ3v) is 5.00. The molecule has 0 aliphatic carbocycles. The number of nitrogens with one attached hydrogen (secondary N) is 2. The third-order valence-electron chi connectivity index (χ3n) is 5.00. The van der Waals surface area contributed by atoms with Crippen molar-refractivity contribution in [2.24, 2.45) is 5.73 Å². The minimum atomic E-state index is -0.160. The molecule has 162 valence electrons. The monoisotopic (exact) mass is 409 g/mol. The van der Waals surface area contributed by atoms with Crippen molar-refractivity contribution >= 4 is 17.5 Å². The Morgan fingerprint density at radius 1 is 0.800 bits per heavy atom. The van der Waals surface area contributed by atoms with Crippen LogP contribution in [-0.2, 0) is 10.8 Å². The Hall–Kier alpha value is -2.66. The van der Waals surface area contributed by atoms with Crippen molar-refractivity contribution in [1.82, 2.24) is 5.32 Å². The van der Waals surface area contributed by atoms with Crippen molar-refractivity contribution in [3.8, 4) is 0 Å². The predicted molar refractivity (Wildman–Crippen MR) is 124 cm³/mol. The lowest BCUT2D eigenvalue weighted by atomic mass is 9.79. The summed E-state index contributed by atoms with van der Waals surface area (Å²) in [5.74, 6) is -0.305. The number of benzene rings is 2. The van der Waals surface area contributed by atoms with Gasteiger partial charge in [0.25, 0.3) is 11.8 Å². The molecule has 2 rings (SSSR count). The van der Waals surface area contributed by atoms with Gasteiger partial charge in [-0.1, -0.05) is 47.6 Å². The molecule has 2 amide bonds. The van der Waals surface area contributed by atoms with Crippen LogP contribution in [0.1, 0.15) is 79.8 Å². The molecule has 0 radical (unpaired) electrons. The summed E-state index contributed by atoms with van der Waals surface area (Å²) in [6.07, 6.45) is 0.740.